The standard InChI is InChI=1S/C19H17BrO3/c1-19(2)10-16(21)15(17(22)11-19)9-14-7-8-18(23-14)12-3-5-13(20)6-4-12/h3-9H,10-11H2,1-2H3. The van der Waals surface area contributed by atoms with E-state index in [9.17, 15) is 9.59 Å². The topological polar surface area (TPSA) is 47.3 Å². The Kier molecular flexibility index (Phi) is 4.11. The number of Topliss-reactive ketones (excluding diaryl/α,β-unsaturated/α-hetero) is 2. The predicted molar refractivity (Wildman–Crippen MR) is 92.9 cm³/mol. The maximum atomic E-state index is 12.2. The number of hydrogen-bond donors (Lipinski definition) is 0. The quantitative estimate of drug-likeness (QED) is 0.547. The minimum absolute atomic E-state index is 0.104. The van der Waals surface area contributed by atoms with Crippen LogP contribution in [0.15, 0.2) is 50.9 Å². The second-order valence-corrected chi connectivity index (χ2v) is 7.55. The first-order chi connectivity index (χ1) is 10.8. The van der Waals surface area contributed by atoms with E-state index < -0.39 is 0 Å². The summed E-state index contributed by atoms with van der Waals surface area (Å²) in [7, 11) is 0. The number of allylic oxidation sites excluding steroid dienone is 1. The summed E-state index contributed by atoms with van der Waals surface area (Å²) >= 11 is 3.40. The van der Waals surface area contributed by atoms with E-state index >= 15 is 0 Å². The van der Waals surface area contributed by atoms with E-state index in [1.807, 2.05) is 44.2 Å². The Labute approximate surface area is 143 Å². The van der Waals surface area contributed by atoms with Gasteiger partial charge in [-0.3, -0.25) is 9.59 Å². The molecule has 1 saturated carbocycles. The molecule has 1 aromatic heterocycles. The molecule has 118 valence electrons. The highest BCUT2D eigenvalue weighted by molar-refractivity contribution is 9.10. The summed E-state index contributed by atoms with van der Waals surface area (Å²) in [4.78, 5) is 24.4. The van der Waals surface area contributed by atoms with Crippen LogP contribution >= 0.6 is 15.9 Å². The van der Waals surface area contributed by atoms with E-state index in [0.29, 0.717) is 24.4 Å². The third-order valence-electron chi connectivity index (χ3n) is 3.92. The van der Waals surface area contributed by atoms with Crippen molar-refractivity contribution in [3.8, 4) is 11.3 Å². The lowest BCUT2D eigenvalue weighted by Gasteiger charge is -2.28. The SMILES string of the molecule is CC1(C)CC(=O)C(=Cc2ccc(-c3ccc(Br)cc3)o2)C(=O)C1. The van der Waals surface area contributed by atoms with Gasteiger partial charge in [0, 0.05) is 22.9 Å². The highest BCUT2D eigenvalue weighted by Gasteiger charge is 2.35. The summed E-state index contributed by atoms with van der Waals surface area (Å²) in [6, 6.07) is 11.4. The lowest BCUT2D eigenvalue weighted by Crippen LogP contribution is -2.31. The number of hydrogen-bond acceptors (Lipinski definition) is 3. The van der Waals surface area contributed by atoms with Crippen molar-refractivity contribution in [3.63, 3.8) is 0 Å². The molecule has 3 nitrogen and oxygen atoms in total. The average molecular weight is 373 g/mol. The fourth-order valence-corrected chi connectivity index (χ4v) is 3.05. The van der Waals surface area contributed by atoms with Crippen LogP contribution in [0.4, 0.5) is 0 Å². The van der Waals surface area contributed by atoms with Crippen LogP contribution in [0.25, 0.3) is 17.4 Å². The molecule has 0 aliphatic heterocycles. The maximum Gasteiger partial charge on any atom is 0.167 e. The van der Waals surface area contributed by atoms with Crippen LogP contribution < -0.4 is 0 Å². The molecule has 1 aliphatic rings. The Hall–Kier alpha value is -1.94. The molecule has 1 heterocycles. The van der Waals surface area contributed by atoms with Crippen LogP contribution in [0.2, 0.25) is 0 Å². The van der Waals surface area contributed by atoms with Crippen molar-refractivity contribution in [2.24, 2.45) is 5.41 Å². The van der Waals surface area contributed by atoms with Crippen LogP contribution in [-0.4, -0.2) is 11.6 Å². The zero-order valence-electron chi connectivity index (χ0n) is 13.1. The Morgan fingerprint density at radius 2 is 1.61 bits per heavy atom. The van der Waals surface area contributed by atoms with Gasteiger partial charge in [-0.1, -0.05) is 41.9 Å². The first-order valence-corrected chi connectivity index (χ1v) is 8.27. The Morgan fingerprint density at radius 1 is 1.00 bits per heavy atom. The predicted octanol–water partition coefficient (Wildman–Crippen LogP) is 5.05. The second kappa shape index (κ2) is 5.93. The van der Waals surface area contributed by atoms with Crippen molar-refractivity contribution in [1.82, 2.24) is 0 Å². The molecule has 0 radical (unpaired) electrons. The van der Waals surface area contributed by atoms with Gasteiger partial charge in [0.05, 0.1) is 5.57 Å². The first kappa shape index (κ1) is 15.9. The van der Waals surface area contributed by atoms with Crippen molar-refractivity contribution in [1.29, 1.82) is 0 Å². The summed E-state index contributed by atoms with van der Waals surface area (Å²) < 4.78 is 6.76. The van der Waals surface area contributed by atoms with Crippen molar-refractivity contribution in [2.75, 3.05) is 0 Å². The molecule has 0 N–H and O–H groups in total. The summed E-state index contributed by atoms with van der Waals surface area (Å²) in [6.45, 7) is 3.89. The highest BCUT2D eigenvalue weighted by atomic mass is 79.9. The first-order valence-electron chi connectivity index (χ1n) is 7.48. The Morgan fingerprint density at radius 3 is 2.22 bits per heavy atom. The van der Waals surface area contributed by atoms with Crippen molar-refractivity contribution < 1.29 is 14.0 Å². The summed E-state index contributed by atoms with van der Waals surface area (Å²) in [6.07, 6.45) is 2.36. The van der Waals surface area contributed by atoms with Crippen LogP contribution in [0, 0.1) is 5.41 Å². The van der Waals surface area contributed by atoms with E-state index in [0.717, 1.165) is 10.0 Å². The molecule has 0 unspecified atom stereocenters. The van der Waals surface area contributed by atoms with Crippen LogP contribution in [0.3, 0.4) is 0 Å². The number of rotatable bonds is 2. The van der Waals surface area contributed by atoms with E-state index in [4.69, 9.17) is 4.42 Å². The van der Waals surface area contributed by atoms with Crippen molar-refractivity contribution in [2.45, 2.75) is 26.7 Å². The molecular formula is C19H17BrO3. The van der Waals surface area contributed by atoms with Gasteiger partial charge in [-0.25, -0.2) is 0 Å². The zero-order chi connectivity index (χ0) is 16.6. The van der Waals surface area contributed by atoms with Gasteiger partial charge < -0.3 is 4.42 Å². The number of carbonyl (C=O) groups is 2. The molecule has 1 aromatic carbocycles. The number of ketones is 2. The van der Waals surface area contributed by atoms with Crippen LogP contribution in [-0.2, 0) is 9.59 Å². The molecule has 0 saturated heterocycles. The fourth-order valence-electron chi connectivity index (χ4n) is 2.78. The van der Waals surface area contributed by atoms with Crippen molar-refractivity contribution in [3.05, 3.63) is 52.2 Å². The van der Waals surface area contributed by atoms with Gasteiger partial charge in [-0.2, -0.15) is 0 Å². The normalized spacial score (nSPS) is 17.4. The largest absolute Gasteiger partial charge is 0.457 e. The van der Waals surface area contributed by atoms with Gasteiger partial charge >= 0.3 is 0 Å². The number of benzene rings is 1. The third kappa shape index (κ3) is 3.53. The maximum absolute atomic E-state index is 12.2. The number of carbonyl (C=O) groups excluding carboxylic acids is 2. The van der Waals surface area contributed by atoms with E-state index in [1.165, 1.54) is 0 Å². The van der Waals surface area contributed by atoms with E-state index in [2.05, 4.69) is 15.9 Å². The molecule has 1 aliphatic carbocycles. The molecule has 0 amide bonds. The molecule has 0 bridgehead atoms. The van der Waals surface area contributed by atoms with Gasteiger partial charge in [0.15, 0.2) is 11.6 Å². The van der Waals surface area contributed by atoms with E-state index in [1.54, 1.807) is 12.1 Å². The Balaban J connectivity index is 1.87. The van der Waals surface area contributed by atoms with Gasteiger partial charge in [0.1, 0.15) is 11.5 Å². The average Bonchev–Trinajstić information content (AvgIpc) is 2.91. The smallest absolute Gasteiger partial charge is 0.167 e. The molecule has 2 aromatic rings. The van der Waals surface area contributed by atoms with Crippen LogP contribution in [0.5, 0.6) is 0 Å². The van der Waals surface area contributed by atoms with Gasteiger partial charge in [0.2, 0.25) is 0 Å². The molecule has 1 fully saturated rings. The summed E-state index contributed by atoms with van der Waals surface area (Å²) in [5, 5.41) is 0. The number of furan rings is 1. The lowest BCUT2D eigenvalue weighted by atomic mass is 9.74. The van der Waals surface area contributed by atoms with E-state index in [-0.39, 0.29) is 22.6 Å². The highest BCUT2D eigenvalue weighted by Crippen LogP contribution is 2.34. The molecular weight excluding hydrogens is 356 g/mol. The van der Waals surface area contributed by atoms with Gasteiger partial charge in [0.25, 0.3) is 0 Å². The second-order valence-electron chi connectivity index (χ2n) is 6.63. The van der Waals surface area contributed by atoms with Gasteiger partial charge in [-0.05, 0) is 35.8 Å². The summed E-state index contributed by atoms with van der Waals surface area (Å²) in [5.41, 5.74) is 0.943. The fraction of sp³-hybridized carbons (Fsp3) is 0.263. The molecule has 23 heavy (non-hydrogen) atoms. The molecule has 4 heteroatoms. The monoisotopic (exact) mass is 372 g/mol. The summed E-state index contributed by atoms with van der Waals surface area (Å²) in [5.74, 6) is 1.03. The minimum Gasteiger partial charge on any atom is -0.457 e. The molecule has 0 atom stereocenters. The van der Waals surface area contributed by atoms with Crippen molar-refractivity contribution >= 4 is 33.6 Å². The minimum atomic E-state index is -0.253. The third-order valence-corrected chi connectivity index (χ3v) is 4.45. The number of halogens is 1. The van der Waals surface area contributed by atoms with Crippen LogP contribution in [0.1, 0.15) is 32.4 Å². The Bertz CT molecular complexity index is 772. The molecule has 3 rings (SSSR count). The zero-order valence-corrected chi connectivity index (χ0v) is 14.6. The van der Waals surface area contributed by atoms with Gasteiger partial charge in [-0.15, -0.1) is 0 Å². The molecule has 0 spiro atoms. The lowest BCUT2D eigenvalue weighted by molar-refractivity contribution is -0.127.